The van der Waals surface area contributed by atoms with Crippen LogP contribution in [0.3, 0.4) is 0 Å². The molecule has 3 aromatic rings. The molecule has 0 radical (unpaired) electrons. The third-order valence-corrected chi connectivity index (χ3v) is 6.18. The number of benzene rings is 3. The second kappa shape index (κ2) is 13.5. The molecule has 6 nitrogen and oxygen atoms in total. The quantitative estimate of drug-likeness (QED) is 0.186. The van der Waals surface area contributed by atoms with Gasteiger partial charge < -0.3 is 14.2 Å². The Labute approximate surface area is 233 Å². The average Bonchev–Trinajstić information content (AvgIpc) is 2.87. The number of carbonyl (C=O) groups excluding carboxylic acids is 2. The van der Waals surface area contributed by atoms with Gasteiger partial charge in [-0.05, 0) is 85.2 Å². The van der Waals surface area contributed by atoms with Crippen molar-refractivity contribution in [3.8, 4) is 5.75 Å². The predicted molar refractivity (Wildman–Crippen MR) is 152 cm³/mol. The monoisotopic (exact) mass is 615 g/mol. The maximum atomic E-state index is 13.5. The van der Waals surface area contributed by atoms with E-state index in [0.29, 0.717) is 12.4 Å². The van der Waals surface area contributed by atoms with Gasteiger partial charge in [0.15, 0.2) is 0 Å². The molecule has 1 unspecified atom stereocenters. The van der Waals surface area contributed by atoms with Gasteiger partial charge in [-0.2, -0.15) is 0 Å². The molecule has 1 amide bonds. The van der Waals surface area contributed by atoms with Crippen molar-refractivity contribution in [1.82, 2.24) is 4.90 Å². The first-order chi connectivity index (χ1) is 17.7. The Balaban J connectivity index is 1.87. The standard InChI is InChI=1S/C30H34INO5/c1-5-32(29(34)37-30(2,3)4)26(28(33)36-21-23-14-10-7-11-15-23)19-24-18-25(31)16-17-27(24)35-20-22-12-8-6-9-13-22/h6-18,26H,5,19-21H2,1-4H3. The highest BCUT2D eigenvalue weighted by molar-refractivity contribution is 14.1. The summed E-state index contributed by atoms with van der Waals surface area (Å²) in [6.07, 6.45) is -0.337. The molecule has 0 aliphatic heterocycles. The Kier molecular flexibility index (Phi) is 10.4. The summed E-state index contributed by atoms with van der Waals surface area (Å²) in [7, 11) is 0. The lowest BCUT2D eigenvalue weighted by Crippen LogP contribution is -2.48. The molecule has 196 valence electrons. The van der Waals surface area contributed by atoms with E-state index in [2.05, 4.69) is 22.6 Å². The summed E-state index contributed by atoms with van der Waals surface area (Å²) in [6.45, 7) is 8.02. The van der Waals surface area contributed by atoms with Gasteiger partial charge >= 0.3 is 12.1 Å². The fourth-order valence-electron chi connectivity index (χ4n) is 3.73. The predicted octanol–water partition coefficient (Wildman–Crippen LogP) is 6.78. The van der Waals surface area contributed by atoms with E-state index in [1.165, 1.54) is 4.90 Å². The summed E-state index contributed by atoms with van der Waals surface area (Å²) in [6, 6.07) is 24.3. The van der Waals surface area contributed by atoms with Gasteiger partial charge in [-0.25, -0.2) is 9.59 Å². The molecule has 0 fully saturated rings. The number of carbonyl (C=O) groups is 2. The highest BCUT2D eigenvalue weighted by Crippen LogP contribution is 2.26. The van der Waals surface area contributed by atoms with Gasteiger partial charge in [0.25, 0.3) is 0 Å². The molecule has 0 aliphatic rings. The van der Waals surface area contributed by atoms with E-state index in [0.717, 1.165) is 20.3 Å². The largest absolute Gasteiger partial charge is 0.489 e. The second-order valence-corrected chi connectivity index (χ2v) is 10.9. The van der Waals surface area contributed by atoms with Crippen molar-refractivity contribution in [2.24, 2.45) is 0 Å². The number of hydrogen-bond donors (Lipinski definition) is 0. The van der Waals surface area contributed by atoms with Crippen LogP contribution in [0.25, 0.3) is 0 Å². The zero-order valence-electron chi connectivity index (χ0n) is 21.8. The Bertz CT molecular complexity index is 1160. The molecule has 0 saturated carbocycles. The van der Waals surface area contributed by atoms with Crippen LogP contribution in [-0.2, 0) is 33.9 Å². The third kappa shape index (κ3) is 9.07. The topological polar surface area (TPSA) is 65.1 Å². The lowest BCUT2D eigenvalue weighted by atomic mass is 10.0. The van der Waals surface area contributed by atoms with Crippen LogP contribution in [0.5, 0.6) is 5.75 Å². The van der Waals surface area contributed by atoms with Crippen molar-refractivity contribution in [2.75, 3.05) is 6.54 Å². The van der Waals surface area contributed by atoms with Crippen molar-refractivity contribution in [2.45, 2.75) is 59.0 Å². The number of nitrogens with zero attached hydrogens (tertiary/aromatic N) is 1. The molecule has 1 atom stereocenters. The van der Waals surface area contributed by atoms with Crippen LogP contribution in [0, 0.1) is 3.57 Å². The molecule has 0 heterocycles. The molecule has 0 spiro atoms. The summed E-state index contributed by atoms with van der Waals surface area (Å²) in [5, 5.41) is 0. The maximum absolute atomic E-state index is 13.5. The fraction of sp³-hybridized carbons (Fsp3) is 0.333. The van der Waals surface area contributed by atoms with E-state index >= 15 is 0 Å². The highest BCUT2D eigenvalue weighted by Gasteiger charge is 2.34. The molecule has 0 saturated heterocycles. The van der Waals surface area contributed by atoms with Crippen LogP contribution >= 0.6 is 22.6 Å². The molecule has 0 bridgehead atoms. The molecule has 0 N–H and O–H groups in total. The number of ether oxygens (including phenoxy) is 3. The molecule has 7 heteroatoms. The van der Waals surface area contributed by atoms with Crippen molar-refractivity contribution >= 4 is 34.7 Å². The minimum Gasteiger partial charge on any atom is -0.489 e. The number of likely N-dealkylation sites (N-methyl/N-ethyl adjacent to an activating group) is 1. The Hall–Kier alpha value is -3.07. The smallest absolute Gasteiger partial charge is 0.411 e. The van der Waals surface area contributed by atoms with Crippen LogP contribution in [-0.4, -0.2) is 35.2 Å². The first kappa shape index (κ1) is 28.5. The number of rotatable bonds is 10. The summed E-state index contributed by atoms with van der Waals surface area (Å²) >= 11 is 2.23. The van der Waals surface area contributed by atoms with Gasteiger partial charge in [0.1, 0.15) is 30.6 Å². The number of esters is 1. The van der Waals surface area contributed by atoms with Crippen LogP contribution < -0.4 is 4.74 Å². The van der Waals surface area contributed by atoms with Crippen molar-refractivity contribution in [3.63, 3.8) is 0 Å². The average molecular weight is 616 g/mol. The molecule has 3 aromatic carbocycles. The van der Waals surface area contributed by atoms with E-state index in [9.17, 15) is 9.59 Å². The molecule has 0 aromatic heterocycles. The molecule has 37 heavy (non-hydrogen) atoms. The van der Waals surface area contributed by atoms with Gasteiger partial charge in [0.2, 0.25) is 0 Å². The van der Waals surface area contributed by atoms with E-state index < -0.39 is 23.7 Å². The van der Waals surface area contributed by atoms with Gasteiger partial charge in [-0.1, -0.05) is 60.7 Å². The van der Waals surface area contributed by atoms with Crippen LogP contribution in [0.15, 0.2) is 78.9 Å². The van der Waals surface area contributed by atoms with Crippen LogP contribution in [0.4, 0.5) is 4.79 Å². The van der Waals surface area contributed by atoms with Crippen molar-refractivity contribution in [1.29, 1.82) is 0 Å². The first-order valence-electron chi connectivity index (χ1n) is 12.3. The lowest BCUT2D eigenvalue weighted by Gasteiger charge is -2.32. The minimum atomic E-state index is -0.888. The van der Waals surface area contributed by atoms with Gasteiger partial charge in [0.05, 0.1) is 0 Å². The van der Waals surface area contributed by atoms with E-state index in [4.69, 9.17) is 14.2 Å². The first-order valence-corrected chi connectivity index (χ1v) is 13.4. The normalized spacial score (nSPS) is 11.9. The Morgan fingerprint density at radius 2 is 1.49 bits per heavy atom. The fourth-order valence-corrected chi connectivity index (χ4v) is 4.29. The minimum absolute atomic E-state index is 0.117. The van der Waals surface area contributed by atoms with Gasteiger partial charge in [0, 0.05) is 16.5 Å². The summed E-state index contributed by atoms with van der Waals surface area (Å²) < 4.78 is 18.5. The second-order valence-electron chi connectivity index (χ2n) is 9.61. The Morgan fingerprint density at radius 1 is 0.892 bits per heavy atom. The zero-order valence-corrected chi connectivity index (χ0v) is 23.9. The number of halogens is 1. The van der Waals surface area contributed by atoms with E-state index in [1.807, 2.05) is 85.8 Å². The van der Waals surface area contributed by atoms with Crippen molar-refractivity contribution in [3.05, 3.63) is 99.1 Å². The molecular formula is C30H34INO5. The highest BCUT2D eigenvalue weighted by atomic mass is 127. The van der Waals surface area contributed by atoms with Gasteiger partial charge in [-0.3, -0.25) is 4.90 Å². The van der Waals surface area contributed by atoms with Crippen LogP contribution in [0.1, 0.15) is 44.4 Å². The molecular weight excluding hydrogens is 581 g/mol. The van der Waals surface area contributed by atoms with Gasteiger partial charge in [-0.15, -0.1) is 0 Å². The van der Waals surface area contributed by atoms with E-state index in [1.54, 1.807) is 20.8 Å². The molecule has 3 rings (SSSR count). The van der Waals surface area contributed by atoms with Crippen molar-refractivity contribution < 1.29 is 23.8 Å². The zero-order chi connectivity index (χ0) is 26.8. The maximum Gasteiger partial charge on any atom is 0.411 e. The number of hydrogen-bond acceptors (Lipinski definition) is 5. The summed E-state index contributed by atoms with van der Waals surface area (Å²) in [5.41, 5.74) is 2.02. The SMILES string of the molecule is CCN(C(=O)OC(C)(C)C)C(Cc1cc(I)ccc1OCc1ccccc1)C(=O)OCc1ccccc1. The Morgan fingerprint density at radius 3 is 2.05 bits per heavy atom. The van der Waals surface area contributed by atoms with E-state index in [-0.39, 0.29) is 19.6 Å². The van der Waals surface area contributed by atoms with Crippen LogP contribution in [0.2, 0.25) is 0 Å². The summed E-state index contributed by atoms with van der Waals surface area (Å²) in [5.74, 6) is 0.162. The number of amides is 1. The lowest BCUT2D eigenvalue weighted by molar-refractivity contribution is -0.151. The summed E-state index contributed by atoms with van der Waals surface area (Å²) in [4.78, 5) is 28.0. The molecule has 0 aliphatic carbocycles. The third-order valence-electron chi connectivity index (χ3n) is 5.51.